The van der Waals surface area contributed by atoms with E-state index in [-0.39, 0.29) is 21.7 Å². The second kappa shape index (κ2) is 8.98. The SMILES string of the molecule is C[C]([Al])(Oc1c(C(C)(C)C)cccc1C(C)(C)C)Oc1c(C(C)(C)C)cccc1C(C)(C)C. The molecule has 0 aliphatic rings. The second-order valence-electron chi connectivity index (χ2n) is 13.6. The van der Waals surface area contributed by atoms with Crippen molar-refractivity contribution in [3.05, 3.63) is 58.7 Å². The highest BCUT2D eigenvalue weighted by atomic mass is 27.0. The van der Waals surface area contributed by atoms with Crippen molar-refractivity contribution in [2.24, 2.45) is 0 Å². The maximum Gasteiger partial charge on any atom is 0.272 e. The predicted molar refractivity (Wildman–Crippen MR) is 143 cm³/mol. The minimum Gasteiger partial charge on any atom is -0.471 e. The van der Waals surface area contributed by atoms with Crippen molar-refractivity contribution in [2.45, 2.75) is 116 Å². The maximum absolute atomic E-state index is 6.80. The van der Waals surface area contributed by atoms with Crippen LogP contribution in [0.4, 0.5) is 0 Å². The largest absolute Gasteiger partial charge is 0.471 e. The number of hydrogen-bond donors (Lipinski definition) is 0. The van der Waals surface area contributed by atoms with Crippen molar-refractivity contribution in [1.29, 1.82) is 0 Å². The molecule has 0 spiro atoms. The lowest BCUT2D eigenvalue weighted by molar-refractivity contribution is -0.0263. The zero-order valence-electron chi connectivity index (χ0n) is 23.4. The van der Waals surface area contributed by atoms with E-state index >= 15 is 0 Å². The van der Waals surface area contributed by atoms with Crippen molar-refractivity contribution in [1.82, 2.24) is 0 Å². The smallest absolute Gasteiger partial charge is 0.272 e. The number of benzene rings is 2. The molecule has 0 aromatic heterocycles. The molecule has 33 heavy (non-hydrogen) atoms. The van der Waals surface area contributed by atoms with Crippen LogP contribution in [0.2, 0.25) is 0 Å². The Morgan fingerprint density at radius 1 is 0.455 bits per heavy atom. The van der Waals surface area contributed by atoms with Crippen LogP contribution in [-0.4, -0.2) is 20.9 Å². The highest BCUT2D eigenvalue weighted by Crippen LogP contribution is 2.44. The van der Waals surface area contributed by atoms with Gasteiger partial charge in [0.25, 0.3) is 16.3 Å². The monoisotopic (exact) mass is 464 g/mol. The summed E-state index contributed by atoms with van der Waals surface area (Å²) in [5, 5.41) is 0. The van der Waals surface area contributed by atoms with Crippen LogP contribution < -0.4 is 9.47 Å². The number of ether oxygens (including phenoxy) is 2. The van der Waals surface area contributed by atoms with E-state index in [1.54, 1.807) is 0 Å². The van der Waals surface area contributed by atoms with E-state index in [1.807, 2.05) is 6.92 Å². The number of hydrogen-bond acceptors (Lipinski definition) is 2. The van der Waals surface area contributed by atoms with Gasteiger partial charge in [0.2, 0.25) is 0 Å². The molecule has 0 atom stereocenters. The number of para-hydroxylation sites is 2. The van der Waals surface area contributed by atoms with Crippen molar-refractivity contribution in [3.63, 3.8) is 0 Å². The van der Waals surface area contributed by atoms with E-state index in [4.69, 9.17) is 9.47 Å². The van der Waals surface area contributed by atoms with Crippen LogP contribution >= 0.6 is 0 Å². The van der Waals surface area contributed by atoms with Gasteiger partial charge in [-0.1, -0.05) is 119 Å². The van der Waals surface area contributed by atoms with Gasteiger partial charge in [-0.05, 0) is 50.8 Å². The summed E-state index contributed by atoms with van der Waals surface area (Å²) in [6, 6.07) is 13.0. The van der Waals surface area contributed by atoms with E-state index in [2.05, 4.69) is 136 Å². The lowest BCUT2D eigenvalue weighted by Crippen LogP contribution is -2.42. The van der Waals surface area contributed by atoms with Crippen LogP contribution in [-0.2, 0) is 21.7 Å². The van der Waals surface area contributed by atoms with Gasteiger partial charge in [0.15, 0.2) is 0 Å². The van der Waals surface area contributed by atoms with Gasteiger partial charge in [-0.3, -0.25) is 0 Å². The van der Waals surface area contributed by atoms with Crippen molar-refractivity contribution in [3.8, 4) is 11.5 Å². The van der Waals surface area contributed by atoms with E-state index < -0.39 is 4.65 Å². The summed E-state index contributed by atoms with van der Waals surface area (Å²) in [4.78, 5) is 0. The standard InChI is InChI=1S/C30H45O2.Al/c1-20(31-25-21(27(2,3)4)16-14-17-22(25)28(5,6)7)32-26-23(29(8,9)10)18-15-19-24(26)30(11,12)13;/h14-19H,1-13H3;. The van der Waals surface area contributed by atoms with Crippen molar-refractivity contribution >= 4 is 16.3 Å². The minimum absolute atomic E-state index is 0.0583. The average molecular weight is 465 g/mol. The summed E-state index contributed by atoms with van der Waals surface area (Å²) in [5.74, 6) is 1.83. The first-order chi connectivity index (χ1) is 14.6. The Kier molecular flexibility index (Phi) is 7.57. The fourth-order valence-electron chi connectivity index (χ4n) is 4.08. The zero-order valence-corrected chi connectivity index (χ0v) is 24.5. The fraction of sp³-hybridized carbons (Fsp3) is 0.600. The van der Waals surface area contributed by atoms with E-state index in [1.165, 1.54) is 22.3 Å². The first kappa shape index (κ1) is 27.8. The van der Waals surface area contributed by atoms with E-state index in [9.17, 15) is 0 Å². The zero-order chi connectivity index (χ0) is 25.6. The fourth-order valence-corrected chi connectivity index (χ4v) is 4.32. The van der Waals surface area contributed by atoms with E-state index in [0.717, 1.165) is 11.5 Å². The molecule has 180 valence electrons. The Bertz CT molecular complexity index is 830. The predicted octanol–water partition coefficient (Wildman–Crippen LogP) is 8.18. The van der Waals surface area contributed by atoms with Gasteiger partial charge >= 0.3 is 0 Å². The summed E-state index contributed by atoms with van der Waals surface area (Å²) < 4.78 is 12.7. The highest BCUT2D eigenvalue weighted by molar-refractivity contribution is 6.13. The first-order valence-electron chi connectivity index (χ1n) is 12.1. The van der Waals surface area contributed by atoms with Crippen LogP contribution in [0.5, 0.6) is 11.5 Å². The molecule has 0 unspecified atom stereocenters. The molecule has 2 nitrogen and oxygen atoms in total. The lowest BCUT2D eigenvalue weighted by Gasteiger charge is -2.39. The Hall–Kier alpha value is -1.43. The minimum atomic E-state index is -0.942. The van der Waals surface area contributed by atoms with Crippen LogP contribution in [0, 0.1) is 0 Å². The normalized spacial score (nSPS) is 13.7. The van der Waals surface area contributed by atoms with Gasteiger partial charge < -0.3 is 9.47 Å². The molecule has 2 radical (unpaired) electrons. The molecular formula is C30H45AlO2. The molecule has 2 aromatic carbocycles. The molecule has 0 bridgehead atoms. The van der Waals surface area contributed by atoms with Crippen LogP contribution in [0.15, 0.2) is 36.4 Å². The average Bonchev–Trinajstić information content (AvgIpc) is 2.57. The van der Waals surface area contributed by atoms with Gasteiger partial charge in [0.05, 0.1) is 0 Å². The first-order valence-corrected chi connectivity index (χ1v) is 12.7. The molecule has 0 aliphatic heterocycles. The molecule has 0 heterocycles. The van der Waals surface area contributed by atoms with Gasteiger partial charge in [-0.15, -0.1) is 0 Å². The molecule has 2 aromatic rings. The van der Waals surface area contributed by atoms with Gasteiger partial charge in [0, 0.05) is 0 Å². The summed E-state index contributed by atoms with van der Waals surface area (Å²) in [7, 11) is 0. The molecule has 0 fully saturated rings. The Morgan fingerprint density at radius 2 is 0.667 bits per heavy atom. The molecule has 0 saturated heterocycles. The molecule has 2 rings (SSSR count). The van der Waals surface area contributed by atoms with Gasteiger partial charge in [-0.2, -0.15) is 0 Å². The number of rotatable bonds is 4. The molecule has 3 heteroatoms. The Balaban J connectivity index is 2.67. The Morgan fingerprint density at radius 3 is 0.848 bits per heavy atom. The summed E-state index contributed by atoms with van der Waals surface area (Å²) in [5.41, 5.74) is 4.52. The van der Waals surface area contributed by atoms with Gasteiger partial charge in [0.1, 0.15) is 16.1 Å². The van der Waals surface area contributed by atoms with Gasteiger partial charge in [-0.25, -0.2) is 0 Å². The summed E-state index contributed by atoms with van der Waals surface area (Å²) in [6.07, 6.45) is 0. The van der Waals surface area contributed by atoms with Crippen LogP contribution in [0.1, 0.15) is 112 Å². The van der Waals surface area contributed by atoms with Crippen LogP contribution in [0.3, 0.4) is 0 Å². The van der Waals surface area contributed by atoms with Crippen LogP contribution in [0.25, 0.3) is 0 Å². The van der Waals surface area contributed by atoms with Crippen molar-refractivity contribution < 1.29 is 9.47 Å². The summed E-state index contributed by atoms with van der Waals surface area (Å²) in [6.45, 7) is 28.8. The third kappa shape index (κ3) is 6.80. The quantitative estimate of drug-likeness (QED) is 0.335. The Labute approximate surface area is 211 Å². The van der Waals surface area contributed by atoms with E-state index in [0.29, 0.717) is 0 Å². The molecule has 0 amide bonds. The highest BCUT2D eigenvalue weighted by Gasteiger charge is 2.34. The molecule has 0 saturated carbocycles. The molecule has 0 N–H and O–H groups in total. The summed E-state index contributed by atoms with van der Waals surface area (Å²) >= 11 is 2.82. The third-order valence-electron chi connectivity index (χ3n) is 5.87. The topological polar surface area (TPSA) is 18.5 Å². The van der Waals surface area contributed by atoms with Crippen molar-refractivity contribution in [2.75, 3.05) is 0 Å². The second-order valence-corrected chi connectivity index (χ2v) is 14.6. The maximum atomic E-state index is 6.80. The third-order valence-corrected chi connectivity index (χ3v) is 6.11. The lowest BCUT2D eigenvalue weighted by atomic mass is 9.79. The molecular weight excluding hydrogens is 419 g/mol. The molecule has 0 aliphatic carbocycles.